The van der Waals surface area contributed by atoms with E-state index in [0.29, 0.717) is 6.42 Å². The molecular weight excluding hydrogens is 310 g/mol. The van der Waals surface area contributed by atoms with Crippen molar-refractivity contribution in [2.45, 2.75) is 32.2 Å². The molecule has 0 aromatic heterocycles. The van der Waals surface area contributed by atoms with Crippen LogP contribution in [-0.2, 0) is 22.4 Å². The number of carbonyl (C=O) groups excluding carboxylic acids is 1. The van der Waals surface area contributed by atoms with Crippen molar-refractivity contribution in [1.82, 2.24) is 0 Å². The first-order valence-electron chi connectivity index (χ1n) is 6.36. The minimum Gasteiger partial charge on any atom is -0.480 e. The Morgan fingerprint density at radius 3 is 2.79 bits per heavy atom. The lowest BCUT2D eigenvalue weighted by molar-refractivity contribution is -0.140. The summed E-state index contributed by atoms with van der Waals surface area (Å²) in [6.45, 7) is 1.88. The zero-order valence-corrected chi connectivity index (χ0v) is 12.1. The molecular formula is C14H14BrNO3. The van der Waals surface area contributed by atoms with Gasteiger partial charge in [-0.2, -0.15) is 0 Å². The maximum absolute atomic E-state index is 12.4. The van der Waals surface area contributed by atoms with E-state index < -0.39 is 12.0 Å². The van der Waals surface area contributed by atoms with Gasteiger partial charge in [-0.15, -0.1) is 0 Å². The van der Waals surface area contributed by atoms with Crippen molar-refractivity contribution in [3.05, 3.63) is 27.7 Å². The summed E-state index contributed by atoms with van der Waals surface area (Å²) >= 11 is 3.46. The number of aryl methyl sites for hydroxylation is 1. The molecule has 1 aromatic rings. The molecule has 2 atom stereocenters. The summed E-state index contributed by atoms with van der Waals surface area (Å²) in [5.74, 6) is -1.12. The normalized spacial score (nSPS) is 25.2. The molecule has 5 heteroatoms. The second kappa shape index (κ2) is 4.34. The monoisotopic (exact) mass is 323 g/mol. The molecule has 1 aromatic carbocycles. The average Bonchev–Trinajstić information content (AvgIpc) is 2.68. The molecule has 0 unspecified atom stereocenters. The lowest BCUT2D eigenvalue weighted by atomic mass is 9.99. The van der Waals surface area contributed by atoms with E-state index in [-0.39, 0.29) is 11.8 Å². The van der Waals surface area contributed by atoms with E-state index in [1.54, 1.807) is 0 Å². The fraction of sp³-hybridized carbons (Fsp3) is 0.429. The van der Waals surface area contributed by atoms with Gasteiger partial charge in [0, 0.05) is 16.8 Å². The maximum atomic E-state index is 12.4. The van der Waals surface area contributed by atoms with Crippen LogP contribution >= 0.6 is 15.9 Å². The van der Waals surface area contributed by atoms with Gasteiger partial charge in [0.05, 0.1) is 5.69 Å². The number of rotatable bonds is 1. The Balaban J connectivity index is 2.20. The Morgan fingerprint density at radius 2 is 2.11 bits per heavy atom. The summed E-state index contributed by atoms with van der Waals surface area (Å²) in [5.41, 5.74) is 2.87. The van der Waals surface area contributed by atoms with Crippen LogP contribution in [0.4, 0.5) is 5.69 Å². The van der Waals surface area contributed by atoms with Crippen molar-refractivity contribution in [2.24, 2.45) is 5.92 Å². The van der Waals surface area contributed by atoms with Gasteiger partial charge in [-0.1, -0.05) is 22.9 Å². The highest BCUT2D eigenvalue weighted by molar-refractivity contribution is 9.10. The van der Waals surface area contributed by atoms with Gasteiger partial charge in [0.2, 0.25) is 5.91 Å². The Morgan fingerprint density at radius 1 is 1.42 bits per heavy atom. The molecule has 1 amide bonds. The molecule has 2 aliphatic rings. The van der Waals surface area contributed by atoms with Crippen LogP contribution in [0, 0.1) is 5.92 Å². The molecule has 1 N–H and O–H groups in total. The van der Waals surface area contributed by atoms with Gasteiger partial charge in [-0.3, -0.25) is 9.69 Å². The van der Waals surface area contributed by atoms with Crippen molar-refractivity contribution in [3.8, 4) is 0 Å². The van der Waals surface area contributed by atoms with E-state index in [4.69, 9.17) is 0 Å². The Hall–Kier alpha value is -1.36. The van der Waals surface area contributed by atoms with E-state index in [2.05, 4.69) is 15.9 Å². The van der Waals surface area contributed by atoms with E-state index >= 15 is 0 Å². The third kappa shape index (κ3) is 1.87. The van der Waals surface area contributed by atoms with Crippen molar-refractivity contribution in [2.75, 3.05) is 4.90 Å². The number of halogens is 1. The van der Waals surface area contributed by atoms with E-state index in [1.165, 1.54) is 4.90 Å². The fourth-order valence-corrected chi connectivity index (χ4v) is 3.58. The van der Waals surface area contributed by atoms with E-state index in [1.807, 2.05) is 19.1 Å². The molecule has 0 saturated carbocycles. The van der Waals surface area contributed by atoms with Crippen LogP contribution in [0.1, 0.15) is 24.5 Å². The molecule has 0 radical (unpaired) electrons. The van der Waals surface area contributed by atoms with Gasteiger partial charge in [0.1, 0.15) is 6.04 Å². The highest BCUT2D eigenvalue weighted by Crippen LogP contribution is 2.41. The van der Waals surface area contributed by atoms with Gasteiger partial charge in [0.15, 0.2) is 0 Å². The lowest BCUT2D eigenvalue weighted by Crippen LogP contribution is -2.44. The van der Waals surface area contributed by atoms with Crippen molar-refractivity contribution in [1.29, 1.82) is 0 Å². The van der Waals surface area contributed by atoms with E-state index in [0.717, 1.165) is 34.1 Å². The van der Waals surface area contributed by atoms with Gasteiger partial charge in [-0.05, 0) is 36.1 Å². The Kier molecular flexibility index (Phi) is 2.89. The van der Waals surface area contributed by atoms with Crippen LogP contribution < -0.4 is 4.90 Å². The molecule has 0 aliphatic carbocycles. The van der Waals surface area contributed by atoms with Crippen LogP contribution in [0.3, 0.4) is 0 Å². The van der Waals surface area contributed by atoms with Gasteiger partial charge in [-0.25, -0.2) is 4.79 Å². The number of amides is 1. The Labute approximate surface area is 119 Å². The maximum Gasteiger partial charge on any atom is 0.327 e. The Bertz CT molecular complexity index is 584. The predicted octanol–water partition coefficient (Wildman–Crippen LogP) is 2.37. The van der Waals surface area contributed by atoms with Crippen LogP contribution in [-0.4, -0.2) is 23.0 Å². The number of hydrogen-bond acceptors (Lipinski definition) is 2. The highest BCUT2D eigenvalue weighted by atomic mass is 79.9. The number of carbonyl (C=O) groups is 2. The molecule has 2 aliphatic heterocycles. The largest absolute Gasteiger partial charge is 0.480 e. The second-order valence-corrected chi connectivity index (χ2v) is 6.19. The van der Waals surface area contributed by atoms with E-state index in [9.17, 15) is 14.7 Å². The molecule has 100 valence electrons. The highest BCUT2D eigenvalue weighted by Gasteiger charge is 2.42. The van der Waals surface area contributed by atoms with Crippen LogP contribution in [0.15, 0.2) is 16.6 Å². The first-order valence-corrected chi connectivity index (χ1v) is 7.15. The van der Waals surface area contributed by atoms with Crippen LogP contribution in [0.25, 0.3) is 0 Å². The van der Waals surface area contributed by atoms with Crippen molar-refractivity contribution in [3.63, 3.8) is 0 Å². The second-order valence-electron chi connectivity index (χ2n) is 5.28. The standard InChI is InChI=1S/C14H14BrNO3/c1-7-2-3-8-4-10(15)5-9-6-11(14(18)19)16(12(8)9)13(7)17/h4-5,7,11H,2-3,6H2,1H3,(H,18,19)/t7-,11-/m0/s1. The summed E-state index contributed by atoms with van der Waals surface area (Å²) in [4.78, 5) is 25.4. The first kappa shape index (κ1) is 12.7. The number of carboxylic acids is 1. The van der Waals surface area contributed by atoms with Gasteiger partial charge >= 0.3 is 5.97 Å². The number of nitrogens with zero attached hydrogens (tertiary/aromatic N) is 1. The fourth-order valence-electron chi connectivity index (χ4n) is 3.02. The average molecular weight is 324 g/mol. The SMILES string of the molecule is C[C@H]1CCc2cc(Br)cc3c2N(C1=O)[C@H](C(=O)O)C3. The zero-order valence-electron chi connectivity index (χ0n) is 10.5. The minimum absolute atomic E-state index is 0.0628. The summed E-state index contributed by atoms with van der Waals surface area (Å²) in [6.07, 6.45) is 1.98. The van der Waals surface area contributed by atoms with Crippen LogP contribution in [0.5, 0.6) is 0 Å². The molecule has 0 fully saturated rings. The lowest BCUT2D eigenvalue weighted by Gasteiger charge is -2.24. The molecule has 19 heavy (non-hydrogen) atoms. The van der Waals surface area contributed by atoms with Crippen molar-refractivity contribution >= 4 is 33.5 Å². The predicted molar refractivity (Wildman–Crippen MR) is 74.2 cm³/mol. The molecule has 0 spiro atoms. The molecule has 0 bridgehead atoms. The summed E-state index contributed by atoms with van der Waals surface area (Å²) in [7, 11) is 0. The molecule has 0 saturated heterocycles. The molecule has 4 nitrogen and oxygen atoms in total. The summed E-state index contributed by atoms with van der Waals surface area (Å²) < 4.78 is 0.953. The van der Waals surface area contributed by atoms with Gasteiger partial charge < -0.3 is 5.11 Å². The zero-order chi connectivity index (χ0) is 13.7. The number of aliphatic carboxylic acids is 1. The molecule has 3 rings (SSSR count). The minimum atomic E-state index is -0.930. The summed E-state index contributed by atoms with van der Waals surface area (Å²) in [6, 6.07) is 3.18. The van der Waals surface area contributed by atoms with Gasteiger partial charge in [0.25, 0.3) is 0 Å². The first-order chi connectivity index (χ1) is 8.99. The summed E-state index contributed by atoms with van der Waals surface area (Å²) in [5, 5.41) is 9.36. The van der Waals surface area contributed by atoms with Crippen molar-refractivity contribution < 1.29 is 14.7 Å². The number of benzene rings is 1. The number of carboxylic acid groups (broad SMARTS) is 1. The molecule has 2 heterocycles. The quantitative estimate of drug-likeness (QED) is 0.863. The third-order valence-corrected chi connectivity index (χ3v) is 4.45. The smallest absolute Gasteiger partial charge is 0.327 e. The number of anilines is 1. The topological polar surface area (TPSA) is 57.6 Å². The number of hydrogen-bond donors (Lipinski definition) is 1. The van der Waals surface area contributed by atoms with Crippen LogP contribution in [0.2, 0.25) is 0 Å². The third-order valence-electron chi connectivity index (χ3n) is 3.99.